The first-order valence-corrected chi connectivity index (χ1v) is 10.1. The number of imidazole rings is 1. The van der Waals surface area contributed by atoms with Gasteiger partial charge in [-0.1, -0.05) is 35.9 Å². The minimum Gasteiger partial charge on any atom is -0.337 e. The Morgan fingerprint density at radius 2 is 1.83 bits per heavy atom. The van der Waals surface area contributed by atoms with Crippen molar-refractivity contribution in [3.8, 4) is 10.4 Å². The van der Waals surface area contributed by atoms with E-state index in [0.29, 0.717) is 9.90 Å². The number of benzene rings is 2. The zero-order chi connectivity index (χ0) is 20.4. The van der Waals surface area contributed by atoms with Crippen LogP contribution in [0.15, 0.2) is 73.1 Å². The first kappa shape index (κ1) is 19.4. The van der Waals surface area contributed by atoms with E-state index < -0.39 is 6.04 Å². The zero-order valence-corrected chi connectivity index (χ0v) is 17.0. The third-order valence-electron chi connectivity index (χ3n) is 4.55. The van der Waals surface area contributed by atoms with E-state index in [2.05, 4.69) is 10.3 Å². The molecule has 1 N–H and O–H groups in total. The lowest BCUT2D eigenvalue weighted by Crippen LogP contribution is -2.30. The normalized spacial score (nSPS) is 12.0. The van der Waals surface area contributed by atoms with E-state index in [1.165, 1.54) is 23.5 Å². The van der Waals surface area contributed by atoms with E-state index in [9.17, 15) is 9.18 Å². The van der Waals surface area contributed by atoms with Crippen molar-refractivity contribution in [2.45, 2.75) is 6.04 Å². The Morgan fingerprint density at radius 1 is 1.10 bits per heavy atom. The van der Waals surface area contributed by atoms with Gasteiger partial charge >= 0.3 is 0 Å². The Balaban J connectivity index is 1.61. The van der Waals surface area contributed by atoms with Gasteiger partial charge in [-0.15, -0.1) is 11.3 Å². The van der Waals surface area contributed by atoms with E-state index >= 15 is 0 Å². The lowest BCUT2D eigenvalue weighted by Gasteiger charge is -2.19. The van der Waals surface area contributed by atoms with Crippen LogP contribution in [0.25, 0.3) is 10.4 Å². The summed E-state index contributed by atoms with van der Waals surface area (Å²) in [6, 6.07) is 16.8. The molecule has 0 aliphatic carbocycles. The van der Waals surface area contributed by atoms with Gasteiger partial charge in [0.2, 0.25) is 0 Å². The molecule has 0 saturated heterocycles. The smallest absolute Gasteiger partial charge is 0.262 e. The number of nitrogens with one attached hydrogen (secondary N) is 1. The summed E-state index contributed by atoms with van der Waals surface area (Å²) in [4.78, 5) is 18.8. The predicted octanol–water partition coefficient (Wildman–Crippen LogP) is 5.46. The molecular formula is C22H17ClFN3OS. The number of nitrogens with zero attached hydrogens (tertiary/aromatic N) is 2. The SMILES string of the molecule is Cn1ccnc1C(NC(=O)c1ccc(-c2ccc(F)cc2)s1)c1ccc(Cl)cc1. The minimum absolute atomic E-state index is 0.202. The lowest BCUT2D eigenvalue weighted by atomic mass is 10.1. The molecule has 0 aliphatic rings. The van der Waals surface area contributed by atoms with Crippen LogP contribution in [0, 0.1) is 5.82 Å². The molecule has 0 radical (unpaired) electrons. The second-order valence-electron chi connectivity index (χ2n) is 6.53. The van der Waals surface area contributed by atoms with E-state index in [4.69, 9.17) is 11.6 Å². The van der Waals surface area contributed by atoms with E-state index in [1.54, 1.807) is 36.5 Å². The molecule has 0 fully saturated rings. The van der Waals surface area contributed by atoms with Crippen molar-refractivity contribution in [1.29, 1.82) is 0 Å². The van der Waals surface area contributed by atoms with Crippen LogP contribution in [0.4, 0.5) is 4.39 Å². The van der Waals surface area contributed by atoms with Gasteiger partial charge < -0.3 is 9.88 Å². The fourth-order valence-electron chi connectivity index (χ4n) is 3.04. The maximum absolute atomic E-state index is 13.2. The number of carbonyl (C=O) groups is 1. The standard InChI is InChI=1S/C22H17ClFN3OS/c1-27-13-12-25-21(27)20(15-2-6-16(23)7-3-15)26-22(28)19-11-10-18(29-19)14-4-8-17(24)9-5-14/h2-13,20H,1H3,(H,26,28). The molecule has 4 nitrogen and oxygen atoms in total. The molecule has 2 aromatic heterocycles. The highest BCUT2D eigenvalue weighted by Crippen LogP contribution is 2.29. The number of amides is 1. The molecule has 4 aromatic rings. The summed E-state index contributed by atoms with van der Waals surface area (Å²) >= 11 is 7.37. The number of thiophene rings is 1. The Bertz CT molecular complexity index is 1140. The molecule has 2 heterocycles. The van der Waals surface area contributed by atoms with Gasteiger partial charge in [0.05, 0.1) is 4.88 Å². The third kappa shape index (κ3) is 4.23. The fourth-order valence-corrected chi connectivity index (χ4v) is 4.08. The highest BCUT2D eigenvalue weighted by molar-refractivity contribution is 7.17. The number of rotatable bonds is 5. The highest BCUT2D eigenvalue weighted by atomic mass is 35.5. The molecular weight excluding hydrogens is 409 g/mol. The van der Waals surface area contributed by atoms with Crippen molar-refractivity contribution >= 4 is 28.8 Å². The summed E-state index contributed by atoms with van der Waals surface area (Å²) in [6.45, 7) is 0. The van der Waals surface area contributed by atoms with Crippen LogP contribution in [-0.2, 0) is 7.05 Å². The van der Waals surface area contributed by atoms with Gasteiger partial charge in [-0.05, 0) is 47.5 Å². The molecule has 2 aromatic carbocycles. The van der Waals surface area contributed by atoms with Crippen LogP contribution in [0.1, 0.15) is 27.1 Å². The maximum atomic E-state index is 13.2. The molecule has 4 rings (SSSR count). The van der Waals surface area contributed by atoms with Crippen molar-refractivity contribution in [2.75, 3.05) is 0 Å². The summed E-state index contributed by atoms with van der Waals surface area (Å²) in [5.74, 6) is 0.228. The zero-order valence-electron chi connectivity index (χ0n) is 15.5. The number of aryl methyl sites for hydroxylation is 1. The van der Waals surface area contributed by atoms with Gasteiger partial charge in [-0.2, -0.15) is 0 Å². The van der Waals surface area contributed by atoms with Crippen LogP contribution in [-0.4, -0.2) is 15.5 Å². The summed E-state index contributed by atoms with van der Waals surface area (Å²) in [6.07, 6.45) is 3.53. The fraction of sp³-hybridized carbons (Fsp3) is 0.0909. The number of hydrogen-bond donors (Lipinski definition) is 1. The largest absolute Gasteiger partial charge is 0.337 e. The van der Waals surface area contributed by atoms with Crippen molar-refractivity contribution in [1.82, 2.24) is 14.9 Å². The summed E-state index contributed by atoms with van der Waals surface area (Å²) in [7, 11) is 1.88. The van der Waals surface area contributed by atoms with Crippen molar-refractivity contribution in [3.63, 3.8) is 0 Å². The molecule has 1 unspecified atom stereocenters. The second-order valence-corrected chi connectivity index (χ2v) is 8.05. The summed E-state index contributed by atoms with van der Waals surface area (Å²) in [5.41, 5.74) is 1.75. The Hall–Kier alpha value is -2.96. The van der Waals surface area contributed by atoms with E-state index in [-0.39, 0.29) is 11.7 Å². The van der Waals surface area contributed by atoms with E-state index in [1.807, 2.05) is 36.0 Å². The molecule has 146 valence electrons. The second kappa shape index (κ2) is 8.19. The number of aromatic nitrogens is 2. The molecule has 1 atom stereocenters. The van der Waals surface area contributed by atoms with Crippen LogP contribution in [0.3, 0.4) is 0 Å². The molecule has 1 amide bonds. The number of hydrogen-bond acceptors (Lipinski definition) is 3. The van der Waals surface area contributed by atoms with Crippen molar-refractivity contribution in [2.24, 2.45) is 7.05 Å². The Morgan fingerprint density at radius 3 is 2.48 bits per heavy atom. The molecule has 0 spiro atoms. The average molecular weight is 426 g/mol. The summed E-state index contributed by atoms with van der Waals surface area (Å²) in [5, 5.41) is 3.70. The molecule has 0 bridgehead atoms. The van der Waals surface area contributed by atoms with Crippen molar-refractivity contribution in [3.05, 3.63) is 100 Å². The van der Waals surface area contributed by atoms with Gasteiger partial charge in [0.25, 0.3) is 5.91 Å². The molecule has 29 heavy (non-hydrogen) atoms. The number of carbonyl (C=O) groups excluding carboxylic acids is 1. The Labute approximate surface area is 176 Å². The summed E-state index contributed by atoms with van der Waals surface area (Å²) < 4.78 is 15.0. The predicted molar refractivity (Wildman–Crippen MR) is 114 cm³/mol. The monoisotopic (exact) mass is 425 g/mol. The third-order valence-corrected chi connectivity index (χ3v) is 5.94. The highest BCUT2D eigenvalue weighted by Gasteiger charge is 2.22. The van der Waals surface area contributed by atoms with Crippen LogP contribution in [0.5, 0.6) is 0 Å². The van der Waals surface area contributed by atoms with Gasteiger partial charge in [0.15, 0.2) is 0 Å². The molecule has 0 aliphatic heterocycles. The maximum Gasteiger partial charge on any atom is 0.262 e. The van der Waals surface area contributed by atoms with Crippen LogP contribution < -0.4 is 5.32 Å². The lowest BCUT2D eigenvalue weighted by molar-refractivity contribution is 0.0945. The van der Waals surface area contributed by atoms with Crippen molar-refractivity contribution < 1.29 is 9.18 Å². The number of halogens is 2. The van der Waals surface area contributed by atoms with Crippen LogP contribution >= 0.6 is 22.9 Å². The van der Waals surface area contributed by atoms with Gasteiger partial charge in [-0.3, -0.25) is 4.79 Å². The average Bonchev–Trinajstić information content (AvgIpc) is 3.37. The first-order valence-electron chi connectivity index (χ1n) is 8.90. The topological polar surface area (TPSA) is 46.9 Å². The van der Waals surface area contributed by atoms with Crippen LogP contribution in [0.2, 0.25) is 5.02 Å². The minimum atomic E-state index is -0.420. The Kier molecular flexibility index (Phi) is 5.47. The molecule has 0 saturated carbocycles. The van der Waals surface area contributed by atoms with Gasteiger partial charge in [-0.25, -0.2) is 9.37 Å². The van der Waals surface area contributed by atoms with Gasteiger partial charge in [0.1, 0.15) is 17.7 Å². The quantitative estimate of drug-likeness (QED) is 0.461. The molecule has 7 heteroatoms. The van der Waals surface area contributed by atoms with E-state index in [0.717, 1.165) is 21.8 Å². The first-order chi connectivity index (χ1) is 14.0. The van der Waals surface area contributed by atoms with Gasteiger partial charge in [0, 0.05) is 29.3 Å².